The standard InChI is InChI=1S/C11H16OS/c1-3-9(2)13-11-6-4-10(8-12)5-7-11/h4-7,9,12H,3,8H2,1-2H3. The second kappa shape index (κ2) is 5.30. The third-order valence-electron chi connectivity index (χ3n) is 2.02. The van der Waals surface area contributed by atoms with Crippen LogP contribution in [-0.2, 0) is 6.61 Å². The molecule has 0 aliphatic heterocycles. The van der Waals surface area contributed by atoms with Gasteiger partial charge in [0.25, 0.3) is 0 Å². The monoisotopic (exact) mass is 196 g/mol. The van der Waals surface area contributed by atoms with Crippen molar-refractivity contribution in [1.82, 2.24) is 0 Å². The van der Waals surface area contributed by atoms with E-state index in [0.717, 1.165) is 5.56 Å². The van der Waals surface area contributed by atoms with Crippen molar-refractivity contribution in [3.05, 3.63) is 29.8 Å². The summed E-state index contributed by atoms with van der Waals surface area (Å²) in [5.74, 6) is 0. The number of benzene rings is 1. The summed E-state index contributed by atoms with van der Waals surface area (Å²) in [6, 6.07) is 8.10. The van der Waals surface area contributed by atoms with E-state index >= 15 is 0 Å². The summed E-state index contributed by atoms with van der Waals surface area (Å²) in [5, 5.41) is 9.52. The summed E-state index contributed by atoms with van der Waals surface area (Å²) in [4.78, 5) is 1.28. The number of rotatable bonds is 4. The predicted octanol–water partition coefficient (Wildman–Crippen LogP) is 3.07. The van der Waals surface area contributed by atoms with Gasteiger partial charge in [-0.05, 0) is 24.1 Å². The molecule has 0 saturated carbocycles. The van der Waals surface area contributed by atoms with Crippen molar-refractivity contribution in [2.45, 2.75) is 37.0 Å². The number of hydrogen-bond acceptors (Lipinski definition) is 2. The second-order valence-electron chi connectivity index (χ2n) is 3.14. The normalized spacial score (nSPS) is 12.8. The fourth-order valence-electron chi connectivity index (χ4n) is 0.989. The molecule has 0 bridgehead atoms. The van der Waals surface area contributed by atoms with Gasteiger partial charge in [-0.15, -0.1) is 11.8 Å². The highest BCUT2D eigenvalue weighted by Gasteiger charge is 2.00. The number of aliphatic hydroxyl groups is 1. The van der Waals surface area contributed by atoms with Crippen LogP contribution in [0, 0.1) is 0 Å². The molecule has 1 unspecified atom stereocenters. The van der Waals surface area contributed by atoms with Crippen LogP contribution in [-0.4, -0.2) is 10.4 Å². The van der Waals surface area contributed by atoms with E-state index in [4.69, 9.17) is 5.11 Å². The van der Waals surface area contributed by atoms with Crippen molar-refractivity contribution in [3.8, 4) is 0 Å². The molecule has 13 heavy (non-hydrogen) atoms. The van der Waals surface area contributed by atoms with Crippen molar-refractivity contribution < 1.29 is 5.11 Å². The largest absolute Gasteiger partial charge is 0.392 e. The molecule has 1 aromatic rings. The lowest BCUT2D eigenvalue weighted by atomic mass is 10.2. The zero-order chi connectivity index (χ0) is 9.68. The fourth-order valence-corrected chi connectivity index (χ4v) is 1.91. The van der Waals surface area contributed by atoms with Gasteiger partial charge in [-0.2, -0.15) is 0 Å². The van der Waals surface area contributed by atoms with Crippen molar-refractivity contribution in [3.63, 3.8) is 0 Å². The van der Waals surface area contributed by atoms with Gasteiger partial charge in [0.2, 0.25) is 0 Å². The summed E-state index contributed by atoms with van der Waals surface area (Å²) in [5.41, 5.74) is 0.980. The molecule has 1 N–H and O–H groups in total. The van der Waals surface area contributed by atoms with Crippen LogP contribution >= 0.6 is 11.8 Å². The van der Waals surface area contributed by atoms with Crippen LogP contribution < -0.4 is 0 Å². The lowest BCUT2D eigenvalue weighted by Gasteiger charge is -2.07. The zero-order valence-corrected chi connectivity index (χ0v) is 8.97. The minimum Gasteiger partial charge on any atom is -0.392 e. The van der Waals surface area contributed by atoms with Crippen molar-refractivity contribution >= 4 is 11.8 Å². The van der Waals surface area contributed by atoms with Gasteiger partial charge in [-0.1, -0.05) is 26.0 Å². The highest BCUT2D eigenvalue weighted by molar-refractivity contribution is 7.99. The molecule has 1 rings (SSSR count). The van der Waals surface area contributed by atoms with E-state index in [9.17, 15) is 0 Å². The van der Waals surface area contributed by atoms with Crippen LogP contribution in [0.3, 0.4) is 0 Å². The van der Waals surface area contributed by atoms with Crippen LogP contribution in [0.1, 0.15) is 25.8 Å². The highest BCUT2D eigenvalue weighted by atomic mass is 32.2. The maximum absolute atomic E-state index is 8.85. The quantitative estimate of drug-likeness (QED) is 0.747. The molecule has 0 heterocycles. The maximum atomic E-state index is 8.85. The van der Waals surface area contributed by atoms with Gasteiger partial charge in [-0.25, -0.2) is 0 Å². The van der Waals surface area contributed by atoms with E-state index in [1.165, 1.54) is 11.3 Å². The third-order valence-corrected chi connectivity index (χ3v) is 3.30. The molecule has 0 saturated heterocycles. The SMILES string of the molecule is CCC(C)Sc1ccc(CO)cc1. The molecule has 0 amide bonds. The second-order valence-corrected chi connectivity index (χ2v) is 4.65. The molecule has 0 aromatic heterocycles. The smallest absolute Gasteiger partial charge is 0.0681 e. The van der Waals surface area contributed by atoms with E-state index in [-0.39, 0.29) is 6.61 Å². The Morgan fingerprint density at radius 3 is 2.38 bits per heavy atom. The van der Waals surface area contributed by atoms with Crippen LogP contribution in [0.25, 0.3) is 0 Å². The summed E-state index contributed by atoms with van der Waals surface area (Å²) < 4.78 is 0. The summed E-state index contributed by atoms with van der Waals surface area (Å²) in [6.45, 7) is 4.55. The lowest BCUT2D eigenvalue weighted by molar-refractivity contribution is 0.282. The lowest BCUT2D eigenvalue weighted by Crippen LogP contribution is -1.91. The average Bonchev–Trinajstić information content (AvgIpc) is 2.19. The molecule has 1 aromatic carbocycles. The van der Waals surface area contributed by atoms with E-state index in [1.807, 2.05) is 23.9 Å². The minimum absolute atomic E-state index is 0.133. The average molecular weight is 196 g/mol. The Hall–Kier alpha value is -0.470. The van der Waals surface area contributed by atoms with Gasteiger partial charge in [0.1, 0.15) is 0 Å². The van der Waals surface area contributed by atoms with E-state index < -0.39 is 0 Å². The molecule has 1 atom stereocenters. The first-order chi connectivity index (χ1) is 6.26. The molecule has 72 valence electrons. The molecule has 1 nitrogen and oxygen atoms in total. The number of hydrogen-bond donors (Lipinski definition) is 1. The molecular weight excluding hydrogens is 180 g/mol. The Morgan fingerprint density at radius 2 is 1.92 bits per heavy atom. The van der Waals surface area contributed by atoms with E-state index in [1.54, 1.807) is 0 Å². The molecule has 0 fully saturated rings. The Bertz CT molecular complexity index is 243. The molecule has 2 heteroatoms. The fraction of sp³-hybridized carbons (Fsp3) is 0.455. The van der Waals surface area contributed by atoms with Crippen LogP contribution in [0.15, 0.2) is 29.2 Å². The van der Waals surface area contributed by atoms with Gasteiger partial charge in [0.15, 0.2) is 0 Å². The number of aliphatic hydroxyl groups excluding tert-OH is 1. The van der Waals surface area contributed by atoms with E-state index in [0.29, 0.717) is 5.25 Å². The first kappa shape index (κ1) is 10.6. The zero-order valence-electron chi connectivity index (χ0n) is 8.16. The highest BCUT2D eigenvalue weighted by Crippen LogP contribution is 2.24. The van der Waals surface area contributed by atoms with Crippen molar-refractivity contribution in [2.24, 2.45) is 0 Å². The predicted molar refractivity (Wildman–Crippen MR) is 58.0 cm³/mol. The topological polar surface area (TPSA) is 20.2 Å². The summed E-state index contributed by atoms with van der Waals surface area (Å²) in [6.07, 6.45) is 1.19. The van der Waals surface area contributed by atoms with Crippen molar-refractivity contribution in [2.75, 3.05) is 0 Å². The van der Waals surface area contributed by atoms with Gasteiger partial charge in [0, 0.05) is 10.1 Å². The Balaban J connectivity index is 2.58. The maximum Gasteiger partial charge on any atom is 0.0681 e. The Labute approximate surface area is 84.2 Å². The van der Waals surface area contributed by atoms with Gasteiger partial charge < -0.3 is 5.11 Å². The number of thioether (sulfide) groups is 1. The van der Waals surface area contributed by atoms with Crippen LogP contribution in [0.4, 0.5) is 0 Å². The third kappa shape index (κ3) is 3.41. The van der Waals surface area contributed by atoms with E-state index in [2.05, 4.69) is 26.0 Å². The molecule has 0 aliphatic carbocycles. The summed E-state index contributed by atoms with van der Waals surface area (Å²) >= 11 is 1.88. The molecule has 0 radical (unpaired) electrons. The Kier molecular flexibility index (Phi) is 4.33. The Morgan fingerprint density at radius 1 is 1.31 bits per heavy atom. The first-order valence-electron chi connectivity index (χ1n) is 4.62. The van der Waals surface area contributed by atoms with Gasteiger partial charge >= 0.3 is 0 Å². The first-order valence-corrected chi connectivity index (χ1v) is 5.50. The minimum atomic E-state index is 0.133. The van der Waals surface area contributed by atoms with Crippen LogP contribution in [0.5, 0.6) is 0 Å². The van der Waals surface area contributed by atoms with Crippen molar-refractivity contribution in [1.29, 1.82) is 0 Å². The summed E-state index contributed by atoms with van der Waals surface area (Å²) in [7, 11) is 0. The van der Waals surface area contributed by atoms with Crippen LogP contribution in [0.2, 0.25) is 0 Å². The molecular formula is C11H16OS. The van der Waals surface area contributed by atoms with Gasteiger partial charge in [-0.3, -0.25) is 0 Å². The molecule has 0 spiro atoms. The van der Waals surface area contributed by atoms with Gasteiger partial charge in [0.05, 0.1) is 6.61 Å². The molecule has 0 aliphatic rings.